The van der Waals surface area contributed by atoms with E-state index < -0.39 is 0 Å². The quantitative estimate of drug-likeness (QED) is 0.325. The van der Waals surface area contributed by atoms with Gasteiger partial charge in [-0.3, -0.25) is 4.79 Å². The van der Waals surface area contributed by atoms with Gasteiger partial charge in [0, 0.05) is 31.6 Å². The molecule has 2 unspecified atom stereocenters. The number of aromatic nitrogens is 2. The molecule has 0 aromatic carbocycles. The summed E-state index contributed by atoms with van der Waals surface area (Å²) in [6, 6.07) is 2.19. The molecule has 21 heavy (non-hydrogen) atoms. The van der Waals surface area contributed by atoms with Crippen LogP contribution in [0.2, 0.25) is 0 Å². The van der Waals surface area contributed by atoms with Gasteiger partial charge in [0.1, 0.15) is 11.6 Å². The molecule has 1 amide bonds. The van der Waals surface area contributed by atoms with Crippen molar-refractivity contribution in [3.63, 3.8) is 0 Å². The smallest absolute Gasteiger partial charge is 0.220 e. The van der Waals surface area contributed by atoms with Gasteiger partial charge in [0.15, 0.2) is 5.16 Å². The van der Waals surface area contributed by atoms with Crippen LogP contribution in [0.4, 0.5) is 11.6 Å². The van der Waals surface area contributed by atoms with Crippen molar-refractivity contribution in [2.24, 2.45) is 11.8 Å². The molecule has 2 atom stereocenters. The normalized spacial score (nSPS) is 25.2. The number of nitrogens with two attached hydrogens (primary N) is 1. The second kappa shape index (κ2) is 6.07. The van der Waals surface area contributed by atoms with Gasteiger partial charge in [-0.1, -0.05) is 11.8 Å². The summed E-state index contributed by atoms with van der Waals surface area (Å²) in [5, 5.41) is 3.81. The Morgan fingerprint density at radius 3 is 3.10 bits per heavy atom. The van der Waals surface area contributed by atoms with E-state index in [-0.39, 0.29) is 5.91 Å². The summed E-state index contributed by atoms with van der Waals surface area (Å²) in [5.74, 6) is 7.69. The summed E-state index contributed by atoms with van der Waals surface area (Å²) in [6.45, 7) is 1.80. The summed E-state index contributed by atoms with van der Waals surface area (Å²) in [7, 11) is 0. The van der Waals surface area contributed by atoms with Crippen LogP contribution in [0.1, 0.15) is 19.3 Å². The van der Waals surface area contributed by atoms with Crippen molar-refractivity contribution < 1.29 is 4.79 Å². The van der Waals surface area contributed by atoms with E-state index in [1.807, 2.05) is 12.3 Å². The molecule has 0 saturated carbocycles. The van der Waals surface area contributed by atoms with Crippen molar-refractivity contribution in [3.05, 3.63) is 6.07 Å². The molecular weight excluding hydrogens is 288 g/mol. The maximum absolute atomic E-state index is 11.5. The van der Waals surface area contributed by atoms with Crippen molar-refractivity contribution in [3.8, 4) is 0 Å². The Kier molecular flexibility index (Phi) is 4.16. The summed E-state index contributed by atoms with van der Waals surface area (Å²) in [4.78, 5) is 22.6. The minimum atomic E-state index is 0.186. The predicted octanol–water partition coefficient (Wildman–Crippen LogP) is 0.589. The molecule has 2 saturated heterocycles. The van der Waals surface area contributed by atoms with Gasteiger partial charge in [0.2, 0.25) is 5.91 Å². The maximum Gasteiger partial charge on any atom is 0.220 e. The van der Waals surface area contributed by atoms with Crippen molar-refractivity contribution in [1.82, 2.24) is 15.3 Å². The zero-order valence-corrected chi connectivity index (χ0v) is 12.8. The number of anilines is 2. The first-order valence-corrected chi connectivity index (χ1v) is 8.36. The fourth-order valence-electron chi connectivity index (χ4n) is 3.06. The average Bonchev–Trinajstić information content (AvgIpc) is 2.53. The van der Waals surface area contributed by atoms with Gasteiger partial charge in [0.05, 0.1) is 0 Å². The number of thioether (sulfide) groups is 1. The van der Waals surface area contributed by atoms with Crippen molar-refractivity contribution >= 4 is 29.3 Å². The molecule has 2 aliphatic rings. The standard InChI is InChI=1S/C13H20N6OS/c1-21-13-16-10(18-14)6-11(17-13)19-5-4-9-8(7-19)2-3-12(20)15-9/h6,8-9H,2-5,7,14H2,1H3,(H,15,20)(H,16,17,18). The second-order valence-corrected chi connectivity index (χ2v) is 6.22. The third-order valence-corrected chi connectivity index (χ3v) is 4.72. The number of hydrogen-bond acceptors (Lipinski definition) is 7. The molecule has 3 rings (SSSR count). The van der Waals surface area contributed by atoms with Crippen molar-refractivity contribution in [2.75, 3.05) is 29.7 Å². The first-order chi connectivity index (χ1) is 10.2. The lowest BCUT2D eigenvalue weighted by Gasteiger charge is -2.41. The Bertz CT molecular complexity index is 517. The number of nitrogens with zero attached hydrogens (tertiary/aromatic N) is 3. The molecule has 8 heteroatoms. The van der Waals surface area contributed by atoms with Gasteiger partial charge >= 0.3 is 0 Å². The molecule has 0 spiro atoms. The molecule has 2 aliphatic heterocycles. The molecule has 3 heterocycles. The Balaban J connectivity index is 1.77. The molecule has 0 aliphatic carbocycles. The molecule has 0 radical (unpaired) electrons. The van der Waals surface area contributed by atoms with E-state index in [2.05, 4.69) is 25.6 Å². The summed E-state index contributed by atoms with van der Waals surface area (Å²) in [6.07, 6.45) is 4.49. The van der Waals surface area contributed by atoms with Gasteiger partial charge in [-0.15, -0.1) is 0 Å². The Hall–Kier alpha value is -1.54. The highest BCUT2D eigenvalue weighted by atomic mass is 32.2. The lowest BCUT2D eigenvalue weighted by Crippen LogP contribution is -2.54. The average molecular weight is 308 g/mol. The molecule has 114 valence electrons. The number of hydrazine groups is 1. The van der Waals surface area contributed by atoms with E-state index in [0.717, 1.165) is 31.7 Å². The van der Waals surface area contributed by atoms with Crippen LogP contribution in [-0.4, -0.2) is 41.3 Å². The number of carbonyl (C=O) groups is 1. The van der Waals surface area contributed by atoms with Gasteiger partial charge in [-0.25, -0.2) is 15.8 Å². The van der Waals surface area contributed by atoms with Crippen LogP contribution >= 0.6 is 11.8 Å². The van der Waals surface area contributed by atoms with E-state index >= 15 is 0 Å². The highest BCUT2D eigenvalue weighted by molar-refractivity contribution is 7.98. The first-order valence-electron chi connectivity index (χ1n) is 7.13. The number of nitrogen functional groups attached to an aromatic ring is 1. The van der Waals surface area contributed by atoms with Crippen LogP contribution < -0.4 is 21.5 Å². The minimum absolute atomic E-state index is 0.186. The summed E-state index contributed by atoms with van der Waals surface area (Å²) >= 11 is 1.50. The fourth-order valence-corrected chi connectivity index (χ4v) is 3.43. The topological polar surface area (TPSA) is 96.2 Å². The number of nitrogens with one attached hydrogen (secondary N) is 2. The Labute approximate surface area is 128 Å². The molecule has 7 nitrogen and oxygen atoms in total. The van der Waals surface area contributed by atoms with Crippen LogP contribution in [0, 0.1) is 5.92 Å². The second-order valence-electron chi connectivity index (χ2n) is 5.45. The van der Waals surface area contributed by atoms with Crippen LogP contribution in [0.25, 0.3) is 0 Å². The van der Waals surface area contributed by atoms with Crippen LogP contribution in [0.15, 0.2) is 11.2 Å². The van der Waals surface area contributed by atoms with E-state index in [4.69, 9.17) is 5.84 Å². The molecular formula is C13H20N6OS. The summed E-state index contributed by atoms with van der Waals surface area (Å²) < 4.78 is 0. The summed E-state index contributed by atoms with van der Waals surface area (Å²) in [5.41, 5.74) is 2.60. The largest absolute Gasteiger partial charge is 0.356 e. The number of piperidine rings is 2. The first kappa shape index (κ1) is 14.4. The number of fused-ring (bicyclic) bond motifs is 1. The van der Waals surface area contributed by atoms with E-state index in [1.165, 1.54) is 11.8 Å². The third-order valence-electron chi connectivity index (χ3n) is 4.17. The Morgan fingerprint density at radius 1 is 1.48 bits per heavy atom. The number of rotatable bonds is 3. The Morgan fingerprint density at radius 2 is 2.33 bits per heavy atom. The van der Waals surface area contributed by atoms with Crippen molar-refractivity contribution in [2.45, 2.75) is 30.5 Å². The highest BCUT2D eigenvalue weighted by Gasteiger charge is 2.34. The van der Waals surface area contributed by atoms with Gasteiger partial charge in [-0.2, -0.15) is 0 Å². The fraction of sp³-hybridized carbons (Fsp3) is 0.615. The van der Waals surface area contributed by atoms with Crippen LogP contribution in [0.3, 0.4) is 0 Å². The monoisotopic (exact) mass is 308 g/mol. The SMILES string of the molecule is CSc1nc(NN)cc(N2CCC3NC(=O)CCC3C2)n1. The number of carbonyl (C=O) groups excluding carboxylic acids is 1. The molecule has 1 aromatic rings. The number of amides is 1. The lowest BCUT2D eigenvalue weighted by atomic mass is 9.85. The molecule has 0 bridgehead atoms. The van der Waals surface area contributed by atoms with Crippen molar-refractivity contribution in [1.29, 1.82) is 0 Å². The zero-order valence-electron chi connectivity index (χ0n) is 12.0. The van der Waals surface area contributed by atoms with Crippen LogP contribution in [0.5, 0.6) is 0 Å². The molecule has 2 fully saturated rings. The highest BCUT2D eigenvalue weighted by Crippen LogP contribution is 2.29. The molecule has 1 aromatic heterocycles. The van der Waals surface area contributed by atoms with Gasteiger partial charge in [0.25, 0.3) is 0 Å². The zero-order chi connectivity index (χ0) is 14.8. The van der Waals surface area contributed by atoms with Gasteiger partial charge in [-0.05, 0) is 25.0 Å². The van der Waals surface area contributed by atoms with E-state index in [0.29, 0.717) is 29.4 Å². The van der Waals surface area contributed by atoms with Crippen LogP contribution in [-0.2, 0) is 4.79 Å². The van der Waals surface area contributed by atoms with E-state index in [1.54, 1.807) is 0 Å². The maximum atomic E-state index is 11.5. The third kappa shape index (κ3) is 3.06. The lowest BCUT2D eigenvalue weighted by molar-refractivity contribution is -0.124. The molecule has 4 N–H and O–H groups in total. The van der Waals surface area contributed by atoms with Gasteiger partial charge < -0.3 is 15.6 Å². The van der Waals surface area contributed by atoms with E-state index in [9.17, 15) is 4.79 Å². The number of hydrogen-bond donors (Lipinski definition) is 3. The minimum Gasteiger partial charge on any atom is -0.356 e. The predicted molar refractivity (Wildman–Crippen MR) is 83.1 cm³/mol.